The molecule has 0 aliphatic rings. The number of aromatic nitrogens is 6. The van der Waals surface area contributed by atoms with Crippen molar-refractivity contribution in [3.8, 4) is 97.1 Å². The summed E-state index contributed by atoms with van der Waals surface area (Å²) in [6.07, 6.45) is 0. The SMILES string of the molecule is CC(C)(C)c1ccc(-c2nc(-c3ccc(C(C)(C)C)cc3)nc(-c3ccc(O)cc3O)n2)cc1.CC(C)(C)c1ccc(-c2nc(-c3ccc(C(C)(C)C)cc3)nc(-c3ccc(OS(=O)Oc4ccccc4)cc3O)n2)cc1.O=S(=O)(OCl)c1ccccc1. The molecule has 1 atom stereocenters. The summed E-state index contributed by atoms with van der Waals surface area (Å²) in [6, 6.07) is 58.1. The molecule has 18 heteroatoms. The van der Waals surface area contributed by atoms with Gasteiger partial charge in [-0.3, -0.25) is 0 Å². The fraction of sp³-hybridized carbons (Fsp3) is 0.229. The largest absolute Gasteiger partial charge is 0.508 e. The normalized spacial score (nSPS) is 12.2. The lowest BCUT2D eigenvalue weighted by molar-refractivity contribution is 0.450. The highest BCUT2D eigenvalue weighted by atomic mass is 35.5. The second kappa shape index (κ2) is 27.0. The lowest BCUT2D eigenvalue weighted by Crippen LogP contribution is -2.11. The molecule has 88 heavy (non-hydrogen) atoms. The minimum atomic E-state index is -3.73. The number of hydrogen-bond donors (Lipinski definition) is 3. The monoisotopic (exact) mass is 1240 g/mol. The predicted octanol–water partition coefficient (Wildman–Crippen LogP) is 16.6. The van der Waals surface area contributed by atoms with Crippen LogP contribution in [0.3, 0.4) is 0 Å². The molecule has 0 amide bonds. The van der Waals surface area contributed by atoms with Gasteiger partial charge < -0.3 is 23.7 Å². The minimum absolute atomic E-state index is 0.00810. The molecule has 10 aromatic rings. The summed E-state index contributed by atoms with van der Waals surface area (Å²) in [7, 11) is -3.73. The van der Waals surface area contributed by atoms with Gasteiger partial charge in [0.2, 0.25) is 0 Å². The van der Waals surface area contributed by atoms with Crippen molar-refractivity contribution in [2.75, 3.05) is 0 Å². The maximum absolute atomic E-state index is 12.4. The van der Waals surface area contributed by atoms with E-state index in [9.17, 15) is 27.9 Å². The standard InChI is InChI=1S/C35H35N3O4S.C29H31N3O2.C6H5ClO3S/c1-34(2,3)25-16-12-23(13-17-25)31-36-32(24-14-18-26(19-15-24)35(4,5)6)38-33(37-31)29-21-20-28(22-30(29)39)42-43(40)41-27-10-8-7-9-11-27;1-28(2,3)20-11-7-18(8-12-20)25-30-26(19-9-13-21(14-10-19)29(4,5)6)32-27(31-25)23-16-15-22(33)17-24(23)34;7-10-11(8,9)6-4-2-1-3-5-6/h7-22,39H,1-6H3;7-17,33-34H,1-6H3;1-5H. The Morgan fingerprint density at radius 3 is 1.00 bits per heavy atom. The average molecular weight is 1240 g/mol. The predicted molar refractivity (Wildman–Crippen MR) is 348 cm³/mol. The van der Waals surface area contributed by atoms with E-state index in [4.69, 9.17) is 40.2 Å². The molecule has 0 aliphatic heterocycles. The Balaban J connectivity index is 0.000000198. The summed E-state index contributed by atoms with van der Waals surface area (Å²) < 4.78 is 48.5. The number of nitrogens with zero attached hydrogens (tertiary/aromatic N) is 6. The van der Waals surface area contributed by atoms with E-state index in [1.807, 2.05) is 54.6 Å². The Hall–Kier alpha value is -8.87. The lowest BCUT2D eigenvalue weighted by atomic mass is 9.86. The zero-order chi connectivity index (χ0) is 63.8. The Morgan fingerprint density at radius 1 is 0.375 bits per heavy atom. The van der Waals surface area contributed by atoms with Gasteiger partial charge in [-0.25, -0.2) is 29.9 Å². The lowest BCUT2D eigenvalue weighted by Gasteiger charge is -2.19. The van der Waals surface area contributed by atoms with E-state index < -0.39 is 21.5 Å². The van der Waals surface area contributed by atoms with Gasteiger partial charge in [0.1, 0.15) is 28.7 Å². The summed E-state index contributed by atoms with van der Waals surface area (Å²) in [4.78, 5) is 28.5. The molecule has 15 nitrogen and oxygen atoms in total. The highest BCUT2D eigenvalue weighted by Crippen LogP contribution is 2.37. The van der Waals surface area contributed by atoms with E-state index in [2.05, 4.69) is 145 Å². The van der Waals surface area contributed by atoms with Crippen LogP contribution in [0.5, 0.6) is 28.7 Å². The molecule has 1 unspecified atom stereocenters. The van der Waals surface area contributed by atoms with Gasteiger partial charge >= 0.3 is 21.5 Å². The maximum atomic E-state index is 12.4. The summed E-state index contributed by atoms with van der Waals surface area (Å²) in [5.74, 6) is 2.97. The third kappa shape index (κ3) is 17.0. The number of hydrogen-bond acceptors (Lipinski definition) is 15. The maximum Gasteiger partial charge on any atom is 0.417 e. The molecule has 0 saturated carbocycles. The van der Waals surface area contributed by atoms with Crippen molar-refractivity contribution >= 4 is 33.3 Å². The van der Waals surface area contributed by atoms with Crippen molar-refractivity contribution in [3.63, 3.8) is 0 Å². The molecule has 0 fully saturated rings. The van der Waals surface area contributed by atoms with Gasteiger partial charge in [-0.15, -0.1) is 0 Å². The zero-order valence-electron chi connectivity index (χ0n) is 51.1. The van der Waals surface area contributed by atoms with Crippen molar-refractivity contribution in [2.45, 2.75) is 110 Å². The van der Waals surface area contributed by atoms with Gasteiger partial charge in [-0.2, -0.15) is 16.4 Å². The molecule has 2 aromatic heterocycles. The summed E-state index contributed by atoms with van der Waals surface area (Å²) in [5.41, 5.74) is 9.14. The molecule has 454 valence electrons. The van der Waals surface area contributed by atoms with Gasteiger partial charge in [-0.1, -0.05) is 217 Å². The van der Waals surface area contributed by atoms with Crippen LogP contribution in [0.2, 0.25) is 0 Å². The summed E-state index contributed by atoms with van der Waals surface area (Å²) in [6.45, 7) is 26.1. The number of benzene rings is 8. The van der Waals surface area contributed by atoms with E-state index >= 15 is 0 Å². The van der Waals surface area contributed by atoms with Gasteiger partial charge in [-0.05, 0) is 92.4 Å². The first-order valence-electron chi connectivity index (χ1n) is 28.2. The van der Waals surface area contributed by atoms with E-state index in [-0.39, 0.29) is 49.6 Å². The van der Waals surface area contributed by atoms with E-state index in [0.717, 1.165) is 22.3 Å². The van der Waals surface area contributed by atoms with Crippen molar-refractivity contribution < 1.29 is 40.0 Å². The van der Waals surface area contributed by atoms with Gasteiger partial charge in [0, 0.05) is 34.4 Å². The fourth-order valence-electron chi connectivity index (χ4n) is 8.72. The third-order valence-electron chi connectivity index (χ3n) is 13.9. The molecule has 0 bridgehead atoms. The van der Waals surface area contributed by atoms with Crippen molar-refractivity contribution in [1.29, 1.82) is 0 Å². The quantitative estimate of drug-likeness (QED) is 0.104. The van der Waals surface area contributed by atoms with Crippen LogP contribution in [0.25, 0.3) is 68.3 Å². The summed E-state index contributed by atoms with van der Waals surface area (Å²) >= 11 is 2.63. The first-order chi connectivity index (χ1) is 41.4. The minimum Gasteiger partial charge on any atom is -0.508 e. The second-order valence-electron chi connectivity index (χ2n) is 24.8. The van der Waals surface area contributed by atoms with Crippen molar-refractivity contribution in [3.05, 3.63) is 216 Å². The van der Waals surface area contributed by atoms with E-state index in [1.165, 1.54) is 52.6 Å². The molecule has 0 saturated heterocycles. The van der Waals surface area contributed by atoms with Gasteiger partial charge in [0.05, 0.1) is 27.9 Å². The average Bonchev–Trinajstić information content (AvgIpc) is 1.86. The Morgan fingerprint density at radius 2 is 0.682 bits per heavy atom. The number of para-hydroxylation sites is 1. The Bertz CT molecular complexity index is 4000. The molecular formula is C70H71ClN6O9S2. The molecule has 0 spiro atoms. The Labute approximate surface area is 523 Å². The Kier molecular flexibility index (Phi) is 20.0. The van der Waals surface area contributed by atoms with Gasteiger partial charge in [0.15, 0.2) is 34.9 Å². The molecule has 10 rings (SSSR count). The fourth-order valence-corrected chi connectivity index (χ4v) is 10.1. The number of rotatable bonds is 12. The highest BCUT2D eigenvalue weighted by Gasteiger charge is 2.22. The zero-order valence-corrected chi connectivity index (χ0v) is 53.5. The highest BCUT2D eigenvalue weighted by molar-refractivity contribution is 7.87. The van der Waals surface area contributed by atoms with Crippen molar-refractivity contribution in [1.82, 2.24) is 29.9 Å². The van der Waals surface area contributed by atoms with Crippen LogP contribution in [0.1, 0.15) is 105 Å². The molecule has 0 aliphatic carbocycles. The number of phenolic OH excluding ortho intramolecular Hbond substituents is 3. The number of phenols is 3. The summed E-state index contributed by atoms with van der Waals surface area (Å²) in [5, 5.41) is 31.2. The van der Waals surface area contributed by atoms with E-state index in [1.54, 1.807) is 60.7 Å². The van der Waals surface area contributed by atoms with E-state index in [0.29, 0.717) is 51.8 Å². The first kappa shape index (κ1) is 65.1. The van der Waals surface area contributed by atoms with Crippen LogP contribution < -0.4 is 8.37 Å². The van der Waals surface area contributed by atoms with Crippen LogP contribution in [0.4, 0.5) is 0 Å². The molecule has 2 heterocycles. The van der Waals surface area contributed by atoms with Crippen LogP contribution >= 0.6 is 11.9 Å². The van der Waals surface area contributed by atoms with Gasteiger partial charge in [0.25, 0.3) is 0 Å². The smallest absolute Gasteiger partial charge is 0.417 e. The van der Waals surface area contributed by atoms with Crippen LogP contribution in [0, 0.1) is 0 Å². The molecule has 8 aromatic carbocycles. The van der Waals surface area contributed by atoms with Crippen LogP contribution in [-0.2, 0) is 46.9 Å². The third-order valence-corrected chi connectivity index (χ3v) is 16.1. The van der Waals surface area contributed by atoms with Crippen LogP contribution in [0.15, 0.2) is 199 Å². The molecular weight excluding hydrogens is 1170 g/mol. The second-order valence-corrected chi connectivity index (χ2v) is 27.4. The van der Waals surface area contributed by atoms with Crippen molar-refractivity contribution in [2.24, 2.45) is 0 Å². The number of halogens is 1. The topological polar surface area (TPSA) is 217 Å². The first-order valence-corrected chi connectivity index (χ1v) is 30.9. The van der Waals surface area contributed by atoms with Crippen LogP contribution in [-0.4, -0.2) is 57.9 Å². The number of aromatic hydroxyl groups is 3. The molecule has 3 N–H and O–H groups in total. The molecule has 0 radical (unpaired) electrons.